The first-order chi connectivity index (χ1) is 17.1. The zero-order valence-corrected chi connectivity index (χ0v) is 20.9. The molecule has 0 spiro atoms. The van der Waals surface area contributed by atoms with E-state index in [9.17, 15) is 19.2 Å². The minimum atomic E-state index is -0.272. The zero-order chi connectivity index (χ0) is 25.9. The Morgan fingerprint density at radius 2 is 1.28 bits per heavy atom. The quantitative estimate of drug-likeness (QED) is 0.401. The summed E-state index contributed by atoms with van der Waals surface area (Å²) >= 11 is 0. The van der Waals surface area contributed by atoms with Crippen LogP contribution in [0, 0.1) is 20.8 Å². The molecule has 1 aliphatic heterocycles. The van der Waals surface area contributed by atoms with Gasteiger partial charge in [0.1, 0.15) is 0 Å². The monoisotopic (exact) mass is 478 g/mol. The average Bonchev–Trinajstić information content (AvgIpc) is 3.05. The van der Waals surface area contributed by atoms with E-state index >= 15 is 0 Å². The molecule has 1 aliphatic carbocycles. The molecule has 180 valence electrons. The fraction of sp³-hybridized carbons (Fsp3) is 0.200. The molecule has 6 nitrogen and oxygen atoms in total. The Morgan fingerprint density at radius 3 is 1.92 bits per heavy atom. The van der Waals surface area contributed by atoms with Crippen molar-refractivity contribution in [2.75, 3.05) is 5.32 Å². The highest BCUT2D eigenvalue weighted by Crippen LogP contribution is 2.36. The Balaban J connectivity index is 1.56. The Hall–Kier alpha value is -4.32. The molecule has 0 unspecified atom stereocenters. The second-order valence-electron chi connectivity index (χ2n) is 9.49. The molecule has 0 saturated carbocycles. The molecule has 2 amide bonds. The lowest BCUT2D eigenvalue weighted by atomic mass is 9.83. The number of nitrogens with one attached hydrogen (secondary N) is 1. The van der Waals surface area contributed by atoms with Gasteiger partial charge in [-0.25, -0.2) is 0 Å². The minimum absolute atomic E-state index is 0.163. The van der Waals surface area contributed by atoms with Crippen LogP contribution in [0.15, 0.2) is 59.7 Å². The van der Waals surface area contributed by atoms with Crippen LogP contribution in [0.25, 0.3) is 0 Å². The van der Waals surface area contributed by atoms with Crippen molar-refractivity contribution in [1.29, 1.82) is 0 Å². The molecule has 0 fully saturated rings. The van der Waals surface area contributed by atoms with Crippen LogP contribution in [-0.2, 0) is 16.1 Å². The molecule has 1 heterocycles. The Kier molecular flexibility index (Phi) is 5.47. The first-order valence-electron chi connectivity index (χ1n) is 11.8. The van der Waals surface area contributed by atoms with Crippen molar-refractivity contribution in [1.82, 2.24) is 4.90 Å². The summed E-state index contributed by atoms with van der Waals surface area (Å²) < 4.78 is 0. The molecule has 0 bridgehead atoms. The number of hydrogen-bond donors (Lipinski definition) is 1. The summed E-state index contributed by atoms with van der Waals surface area (Å²) in [7, 11) is 0. The van der Waals surface area contributed by atoms with E-state index in [0.717, 1.165) is 27.9 Å². The van der Waals surface area contributed by atoms with E-state index < -0.39 is 0 Å². The van der Waals surface area contributed by atoms with Gasteiger partial charge in [-0.3, -0.25) is 24.1 Å². The van der Waals surface area contributed by atoms with E-state index in [2.05, 4.69) is 5.32 Å². The van der Waals surface area contributed by atoms with Gasteiger partial charge in [0.15, 0.2) is 11.6 Å². The lowest BCUT2D eigenvalue weighted by molar-refractivity contribution is -0.138. The molecule has 0 atom stereocenters. The third-order valence-corrected chi connectivity index (χ3v) is 7.35. The summed E-state index contributed by atoms with van der Waals surface area (Å²) in [6.45, 7) is 9.37. The molecule has 0 radical (unpaired) electrons. The Morgan fingerprint density at radius 1 is 0.694 bits per heavy atom. The normalized spacial score (nSPS) is 15.0. The van der Waals surface area contributed by atoms with Crippen LogP contribution in [-0.4, -0.2) is 28.3 Å². The van der Waals surface area contributed by atoms with Crippen LogP contribution in [0.1, 0.15) is 67.9 Å². The predicted molar refractivity (Wildman–Crippen MR) is 138 cm³/mol. The van der Waals surface area contributed by atoms with Crippen LogP contribution >= 0.6 is 0 Å². The number of ketones is 2. The van der Waals surface area contributed by atoms with Crippen molar-refractivity contribution in [2.24, 2.45) is 0 Å². The van der Waals surface area contributed by atoms with Crippen molar-refractivity contribution in [3.63, 3.8) is 0 Å². The third kappa shape index (κ3) is 3.40. The van der Waals surface area contributed by atoms with E-state index in [-0.39, 0.29) is 29.9 Å². The van der Waals surface area contributed by atoms with Crippen LogP contribution in [0.2, 0.25) is 0 Å². The highest BCUT2D eigenvalue weighted by Gasteiger charge is 2.34. The SMILES string of the molecule is CC1=C(C)C(=O)N(Cc2c(C)cc(C)c(Nc3cccc4c3C(=O)c3ccccc3C4=O)c2C)C1=O. The number of benzene rings is 3. The summed E-state index contributed by atoms with van der Waals surface area (Å²) in [5.74, 6) is -0.917. The number of carbonyl (C=O) groups is 4. The van der Waals surface area contributed by atoms with Crippen molar-refractivity contribution in [2.45, 2.75) is 41.2 Å². The highest BCUT2D eigenvalue weighted by molar-refractivity contribution is 6.30. The number of hydrogen-bond acceptors (Lipinski definition) is 5. The van der Waals surface area contributed by atoms with Gasteiger partial charge >= 0.3 is 0 Å². The number of anilines is 2. The summed E-state index contributed by atoms with van der Waals surface area (Å²) in [4.78, 5) is 53.2. The molecular formula is C30H26N2O4. The smallest absolute Gasteiger partial charge is 0.257 e. The van der Waals surface area contributed by atoms with Crippen LogP contribution in [0.4, 0.5) is 11.4 Å². The van der Waals surface area contributed by atoms with Gasteiger partial charge in [-0.05, 0) is 62.9 Å². The van der Waals surface area contributed by atoms with Crippen molar-refractivity contribution < 1.29 is 19.2 Å². The molecular weight excluding hydrogens is 452 g/mol. The van der Waals surface area contributed by atoms with Gasteiger partial charge in [-0.2, -0.15) is 0 Å². The minimum Gasteiger partial charge on any atom is -0.354 e. The molecule has 2 aliphatic rings. The number of rotatable bonds is 4. The van der Waals surface area contributed by atoms with Crippen molar-refractivity contribution in [3.05, 3.63) is 104 Å². The lowest BCUT2D eigenvalue weighted by Gasteiger charge is -2.24. The molecule has 36 heavy (non-hydrogen) atoms. The summed E-state index contributed by atoms with van der Waals surface area (Å²) in [6.07, 6.45) is 0. The van der Waals surface area contributed by atoms with Crippen LogP contribution in [0.5, 0.6) is 0 Å². The second kappa shape index (κ2) is 8.41. The number of imide groups is 1. The average molecular weight is 479 g/mol. The van der Waals surface area contributed by atoms with E-state index in [1.54, 1.807) is 56.3 Å². The van der Waals surface area contributed by atoms with Crippen LogP contribution in [0.3, 0.4) is 0 Å². The summed E-state index contributed by atoms with van der Waals surface area (Å²) in [6, 6.07) is 14.1. The van der Waals surface area contributed by atoms with E-state index in [1.807, 2.05) is 26.8 Å². The molecule has 0 aromatic heterocycles. The molecule has 0 saturated heterocycles. The van der Waals surface area contributed by atoms with E-state index in [0.29, 0.717) is 39.1 Å². The number of fused-ring (bicyclic) bond motifs is 2. The fourth-order valence-corrected chi connectivity index (χ4v) is 5.17. The van der Waals surface area contributed by atoms with Gasteiger partial charge in [0.05, 0.1) is 17.8 Å². The van der Waals surface area contributed by atoms with Gasteiger partial charge < -0.3 is 5.32 Å². The first kappa shape index (κ1) is 23.4. The highest BCUT2D eigenvalue weighted by atomic mass is 16.2. The molecule has 1 N–H and O–H groups in total. The molecule has 3 aromatic carbocycles. The van der Waals surface area contributed by atoms with Crippen LogP contribution < -0.4 is 5.32 Å². The largest absolute Gasteiger partial charge is 0.354 e. The second-order valence-corrected chi connectivity index (χ2v) is 9.49. The van der Waals surface area contributed by atoms with Gasteiger partial charge in [-0.15, -0.1) is 0 Å². The van der Waals surface area contributed by atoms with E-state index in [4.69, 9.17) is 0 Å². The molecule has 3 aromatic rings. The summed E-state index contributed by atoms with van der Waals surface area (Å²) in [5, 5.41) is 3.41. The maximum absolute atomic E-state index is 13.4. The zero-order valence-electron chi connectivity index (χ0n) is 20.9. The van der Waals surface area contributed by atoms with Gasteiger partial charge in [0.2, 0.25) is 0 Å². The number of aryl methyl sites for hydroxylation is 2. The van der Waals surface area contributed by atoms with Gasteiger partial charge in [0, 0.05) is 33.5 Å². The lowest BCUT2D eigenvalue weighted by Crippen LogP contribution is -2.31. The Labute approximate surface area is 209 Å². The van der Waals surface area contributed by atoms with Gasteiger partial charge in [0.25, 0.3) is 11.8 Å². The molecule has 6 heteroatoms. The van der Waals surface area contributed by atoms with E-state index in [1.165, 1.54) is 4.90 Å². The standard InChI is InChI=1S/C30H26N2O4/c1-15-13-16(2)26(19(5)23(15)14-32-29(35)17(3)18(4)30(32)36)31-24-12-8-11-22-25(24)28(34)21-10-7-6-9-20(21)27(22)33/h6-13,31H,14H2,1-5H3. The first-order valence-corrected chi connectivity index (χ1v) is 11.8. The summed E-state index contributed by atoms with van der Waals surface area (Å²) in [5.41, 5.74) is 7.46. The topological polar surface area (TPSA) is 83.6 Å². The number of carbonyl (C=O) groups excluding carboxylic acids is 4. The third-order valence-electron chi connectivity index (χ3n) is 7.35. The Bertz CT molecular complexity index is 1540. The fourth-order valence-electron chi connectivity index (χ4n) is 5.17. The maximum Gasteiger partial charge on any atom is 0.257 e. The predicted octanol–water partition coefficient (Wildman–Crippen LogP) is 5.34. The maximum atomic E-state index is 13.4. The van der Waals surface area contributed by atoms with Crippen molar-refractivity contribution >= 4 is 34.8 Å². The molecule has 5 rings (SSSR count). The van der Waals surface area contributed by atoms with Gasteiger partial charge in [-0.1, -0.05) is 42.5 Å². The number of nitrogens with zero attached hydrogens (tertiary/aromatic N) is 1. The number of amides is 2. The van der Waals surface area contributed by atoms with Crippen molar-refractivity contribution in [3.8, 4) is 0 Å².